The van der Waals surface area contributed by atoms with Crippen LogP contribution in [0.25, 0.3) is 11.1 Å². The Morgan fingerprint density at radius 2 is 1.65 bits per heavy atom. The minimum atomic E-state index is -0.288. The van der Waals surface area contributed by atoms with Crippen LogP contribution in [0.15, 0.2) is 61.1 Å². The van der Waals surface area contributed by atoms with Gasteiger partial charge in [0, 0.05) is 42.3 Å². The average molecular weight is 367 g/mol. The number of pyridine rings is 2. The lowest BCUT2D eigenvalue weighted by molar-refractivity contribution is 0.0961. The summed E-state index contributed by atoms with van der Waals surface area (Å²) >= 11 is 6.11. The summed E-state index contributed by atoms with van der Waals surface area (Å²) in [5, 5.41) is 5.48. The maximum absolute atomic E-state index is 12.3. The van der Waals surface area contributed by atoms with Crippen LogP contribution in [0, 0.1) is 0 Å². The maximum Gasteiger partial charge on any atom is 0.255 e. The number of hydrogen-bond donors (Lipinski definition) is 2. The quantitative estimate of drug-likeness (QED) is 0.693. The van der Waals surface area contributed by atoms with Gasteiger partial charge in [0.15, 0.2) is 5.15 Å². The lowest BCUT2D eigenvalue weighted by atomic mass is 10.1. The third kappa shape index (κ3) is 3.87. The first kappa shape index (κ1) is 17.6. The Labute approximate surface area is 155 Å². The maximum atomic E-state index is 12.3. The van der Waals surface area contributed by atoms with Crippen molar-refractivity contribution < 1.29 is 9.59 Å². The largest absolute Gasteiger partial charge is 0.355 e. The van der Waals surface area contributed by atoms with E-state index in [4.69, 9.17) is 11.6 Å². The second-order valence-electron chi connectivity index (χ2n) is 5.42. The third-order valence-corrected chi connectivity index (χ3v) is 3.99. The highest BCUT2D eigenvalue weighted by Crippen LogP contribution is 2.27. The first-order valence-electron chi connectivity index (χ1n) is 7.78. The molecule has 0 aliphatic heterocycles. The Kier molecular flexibility index (Phi) is 5.24. The molecular weight excluding hydrogens is 352 g/mol. The summed E-state index contributed by atoms with van der Waals surface area (Å²) < 4.78 is 0. The standard InChI is InChI=1S/C19H15ClN4O2/c1-21-18(25)15-7-13(9-22-10-15)14-8-16(17(20)23-11-14)24-19(26)12-5-3-2-4-6-12/h2-11H,1H3,(H,21,25)(H,24,26). The smallest absolute Gasteiger partial charge is 0.255 e. The van der Waals surface area contributed by atoms with Crippen LogP contribution < -0.4 is 10.6 Å². The summed E-state index contributed by atoms with van der Waals surface area (Å²) in [4.78, 5) is 32.3. The van der Waals surface area contributed by atoms with Gasteiger partial charge in [0.1, 0.15) is 0 Å². The van der Waals surface area contributed by atoms with E-state index < -0.39 is 0 Å². The molecule has 0 atom stereocenters. The van der Waals surface area contributed by atoms with E-state index in [2.05, 4.69) is 20.6 Å². The van der Waals surface area contributed by atoms with Gasteiger partial charge in [-0.25, -0.2) is 4.98 Å². The lowest BCUT2D eigenvalue weighted by Crippen LogP contribution is -2.17. The molecule has 0 saturated carbocycles. The molecule has 3 rings (SSSR count). The first-order valence-corrected chi connectivity index (χ1v) is 8.15. The van der Waals surface area contributed by atoms with Crippen LogP contribution in [0.5, 0.6) is 0 Å². The van der Waals surface area contributed by atoms with Crippen molar-refractivity contribution in [2.45, 2.75) is 0 Å². The van der Waals surface area contributed by atoms with E-state index in [1.807, 2.05) is 6.07 Å². The van der Waals surface area contributed by atoms with Gasteiger partial charge in [-0.1, -0.05) is 29.8 Å². The zero-order valence-electron chi connectivity index (χ0n) is 13.9. The Morgan fingerprint density at radius 1 is 0.923 bits per heavy atom. The van der Waals surface area contributed by atoms with E-state index in [1.165, 1.54) is 6.20 Å². The SMILES string of the molecule is CNC(=O)c1cncc(-c2cnc(Cl)c(NC(=O)c3ccccc3)c2)c1. The molecular formula is C19H15ClN4O2. The molecule has 0 fully saturated rings. The molecule has 26 heavy (non-hydrogen) atoms. The average Bonchev–Trinajstić information content (AvgIpc) is 2.69. The number of aromatic nitrogens is 2. The number of amides is 2. The van der Waals surface area contributed by atoms with E-state index in [0.29, 0.717) is 27.9 Å². The van der Waals surface area contributed by atoms with Crippen LogP contribution in [0.3, 0.4) is 0 Å². The van der Waals surface area contributed by atoms with Gasteiger partial charge in [-0.2, -0.15) is 0 Å². The molecule has 0 radical (unpaired) electrons. The molecule has 130 valence electrons. The highest BCUT2D eigenvalue weighted by Gasteiger charge is 2.12. The second-order valence-corrected chi connectivity index (χ2v) is 5.78. The molecule has 0 aliphatic rings. The van der Waals surface area contributed by atoms with Crippen molar-refractivity contribution >= 4 is 29.1 Å². The highest BCUT2D eigenvalue weighted by molar-refractivity contribution is 6.32. The third-order valence-electron chi connectivity index (χ3n) is 3.68. The molecule has 2 heterocycles. The number of nitrogens with zero attached hydrogens (tertiary/aromatic N) is 2. The van der Waals surface area contributed by atoms with Gasteiger partial charge in [0.25, 0.3) is 11.8 Å². The molecule has 0 bridgehead atoms. The number of rotatable bonds is 4. The number of carbonyl (C=O) groups is 2. The van der Waals surface area contributed by atoms with Crippen LogP contribution in [0.2, 0.25) is 5.15 Å². The van der Waals surface area contributed by atoms with Crippen LogP contribution >= 0.6 is 11.6 Å². The molecule has 2 amide bonds. The predicted octanol–water partition coefficient (Wildman–Crippen LogP) is 3.41. The Morgan fingerprint density at radius 3 is 2.38 bits per heavy atom. The van der Waals surface area contributed by atoms with Gasteiger partial charge in [0.2, 0.25) is 0 Å². The van der Waals surface area contributed by atoms with Crippen LogP contribution in [-0.2, 0) is 0 Å². The van der Waals surface area contributed by atoms with Crippen molar-refractivity contribution in [1.29, 1.82) is 0 Å². The van der Waals surface area contributed by atoms with Crippen molar-refractivity contribution in [3.8, 4) is 11.1 Å². The second kappa shape index (κ2) is 7.76. The molecule has 0 unspecified atom stereocenters. The van der Waals surface area contributed by atoms with Crippen molar-refractivity contribution in [3.05, 3.63) is 77.3 Å². The van der Waals surface area contributed by atoms with E-state index in [-0.39, 0.29) is 17.0 Å². The fraction of sp³-hybridized carbons (Fsp3) is 0.0526. The molecule has 2 N–H and O–H groups in total. The number of nitrogens with one attached hydrogen (secondary N) is 2. The minimum Gasteiger partial charge on any atom is -0.355 e. The number of halogens is 1. The van der Waals surface area contributed by atoms with Crippen molar-refractivity contribution in [1.82, 2.24) is 15.3 Å². The molecule has 0 aliphatic carbocycles. The zero-order chi connectivity index (χ0) is 18.5. The van der Waals surface area contributed by atoms with Gasteiger partial charge in [-0.05, 0) is 24.3 Å². The molecule has 1 aromatic carbocycles. The fourth-order valence-corrected chi connectivity index (χ4v) is 2.49. The molecule has 0 spiro atoms. The number of hydrogen-bond acceptors (Lipinski definition) is 4. The summed E-state index contributed by atoms with van der Waals surface area (Å²) in [5.41, 5.74) is 2.68. The molecule has 0 saturated heterocycles. The van der Waals surface area contributed by atoms with Crippen molar-refractivity contribution in [3.63, 3.8) is 0 Å². The summed E-state index contributed by atoms with van der Waals surface area (Å²) in [6, 6.07) is 12.2. The Bertz CT molecular complexity index is 961. The van der Waals surface area contributed by atoms with Crippen molar-refractivity contribution in [2.24, 2.45) is 0 Å². The van der Waals surface area contributed by atoms with Crippen molar-refractivity contribution in [2.75, 3.05) is 12.4 Å². The van der Waals surface area contributed by atoms with Gasteiger partial charge in [-0.3, -0.25) is 14.6 Å². The summed E-state index contributed by atoms with van der Waals surface area (Å²) in [7, 11) is 1.55. The topological polar surface area (TPSA) is 84.0 Å². The number of carbonyl (C=O) groups excluding carboxylic acids is 2. The predicted molar refractivity (Wildman–Crippen MR) is 100 cm³/mol. The lowest BCUT2D eigenvalue weighted by Gasteiger charge is -2.10. The first-order chi connectivity index (χ1) is 12.6. The van der Waals surface area contributed by atoms with E-state index in [0.717, 1.165) is 0 Å². The summed E-state index contributed by atoms with van der Waals surface area (Å²) in [6.07, 6.45) is 4.65. The number of benzene rings is 1. The van der Waals surface area contributed by atoms with Crippen LogP contribution in [-0.4, -0.2) is 28.8 Å². The molecule has 2 aromatic heterocycles. The van der Waals surface area contributed by atoms with E-state index >= 15 is 0 Å². The molecule has 3 aromatic rings. The summed E-state index contributed by atoms with van der Waals surface area (Å²) in [5.74, 6) is -0.525. The fourth-order valence-electron chi connectivity index (χ4n) is 2.34. The van der Waals surface area contributed by atoms with Crippen LogP contribution in [0.1, 0.15) is 20.7 Å². The summed E-state index contributed by atoms with van der Waals surface area (Å²) in [6.45, 7) is 0. The van der Waals surface area contributed by atoms with Crippen LogP contribution in [0.4, 0.5) is 5.69 Å². The molecule has 7 heteroatoms. The Balaban J connectivity index is 1.91. The molecule has 6 nitrogen and oxygen atoms in total. The monoisotopic (exact) mass is 366 g/mol. The minimum absolute atomic E-state index is 0.174. The van der Waals surface area contributed by atoms with E-state index in [9.17, 15) is 9.59 Å². The Hall–Kier alpha value is -3.25. The number of anilines is 1. The normalized spacial score (nSPS) is 10.2. The van der Waals surface area contributed by atoms with Gasteiger partial charge < -0.3 is 10.6 Å². The van der Waals surface area contributed by atoms with Gasteiger partial charge in [-0.15, -0.1) is 0 Å². The van der Waals surface area contributed by atoms with E-state index in [1.54, 1.807) is 55.8 Å². The zero-order valence-corrected chi connectivity index (χ0v) is 14.6. The van der Waals surface area contributed by atoms with Gasteiger partial charge >= 0.3 is 0 Å². The highest BCUT2D eigenvalue weighted by atomic mass is 35.5. The van der Waals surface area contributed by atoms with Gasteiger partial charge in [0.05, 0.1) is 11.3 Å².